The van der Waals surface area contributed by atoms with E-state index >= 15 is 0 Å². The molecule has 0 radical (unpaired) electrons. The molecule has 0 fully saturated rings. The number of hydrogen-bond acceptors (Lipinski definition) is 2. The quantitative estimate of drug-likeness (QED) is 0.638. The number of unbranched alkanes of at least 4 members (excludes halogenated alkanes) is 5. The Morgan fingerprint density at radius 2 is 0.864 bits per heavy atom. The fourth-order valence-electron chi connectivity index (χ4n) is 1.89. The van der Waals surface area contributed by atoms with E-state index in [0.29, 0.717) is 0 Å². The molecule has 0 unspecified atom stereocenters. The standard InChI is InChI=1S/C18H36N2O2/c1-17(2,3)15(21)19-13-11-9-7-8-10-12-14-20-16(22)18(4,5)6/h7-14H2,1-6H3,(H,19,21)(H,20,22). The van der Waals surface area contributed by atoms with E-state index in [2.05, 4.69) is 10.6 Å². The van der Waals surface area contributed by atoms with Crippen LogP contribution in [0.4, 0.5) is 0 Å². The molecule has 130 valence electrons. The van der Waals surface area contributed by atoms with Crippen molar-refractivity contribution in [3.63, 3.8) is 0 Å². The highest BCUT2D eigenvalue weighted by molar-refractivity contribution is 5.81. The molecule has 0 aliphatic heterocycles. The molecule has 0 atom stereocenters. The van der Waals surface area contributed by atoms with E-state index in [4.69, 9.17) is 0 Å². The fraction of sp³-hybridized carbons (Fsp3) is 0.889. The highest BCUT2D eigenvalue weighted by atomic mass is 16.2. The van der Waals surface area contributed by atoms with Gasteiger partial charge in [-0.3, -0.25) is 9.59 Å². The van der Waals surface area contributed by atoms with Crippen LogP contribution in [0, 0.1) is 10.8 Å². The zero-order valence-corrected chi connectivity index (χ0v) is 15.5. The zero-order chi connectivity index (χ0) is 17.2. The molecule has 0 saturated heterocycles. The number of nitrogens with one attached hydrogen (secondary N) is 2. The third-order valence-electron chi connectivity index (χ3n) is 3.54. The lowest BCUT2D eigenvalue weighted by Gasteiger charge is -2.17. The van der Waals surface area contributed by atoms with Gasteiger partial charge in [0.15, 0.2) is 0 Å². The number of carbonyl (C=O) groups excluding carboxylic acids is 2. The molecule has 4 nitrogen and oxygen atoms in total. The minimum Gasteiger partial charge on any atom is -0.356 e. The van der Waals surface area contributed by atoms with Crippen LogP contribution in [-0.4, -0.2) is 24.9 Å². The molecular weight excluding hydrogens is 276 g/mol. The van der Waals surface area contributed by atoms with Gasteiger partial charge in [-0.2, -0.15) is 0 Å². The molecule has 2 amide bonds. The Morgan fingerprint density at radius 3 is 1.14 bits per heavy atom. The Labute approximate surface area is 136 Å². The number of hydrogen-bond donors (Lipinski definition) is 2. The maximum absolute atomic E-state index is 11.7. The first-order valence-corrected chi connectivity index (χ1v) is 8.62. The lowest BCUT2D eigenvalue weighted by atomic mass is 9.95. The molecule has 22 heavy (non-hydrogen) atoms. The summed E-state index contributed by atoms with van der Waals surface area (Å²) in [7, 11) is 0. The molecule has 0 aliphatic carbocycles. The van der Waals surface area contributed by atoms with Gasteiger partial charge in [0.2, 0.25) is 11.8 Å². The van der Waals surface area contributed by atoms with Crippen LogP contribution in [0.5, 0.6) is 0 Å². The minimum absolute atomic E-state index is 0.127. The topological polar surface area (TPSA) is 58.2 Å². The number of rotatable bonds is 9. The van der Waals surface area contributed by atoms with E-state index in [1.165, 1.54) is 12.8 Å². The maximum atomic E-state index is 11.7. The van der Waals surface area contributed by atoms with Crippen molar-refractivity contribution in [1.29, 1.82) is 0 Å². The van der Waals surface area contributed by atoms with Gasteiger partial charge in [0, 0.05) is 23.9 Å². The predicted molar refractivity (Wildman–Crippen MR) is 92.6 cm³/mol. The highest BCUT2D eigenvalue weighted by Gasteiger charge is 2.20. The summed E-state index contributed by atoms with van der Waals surface area (Å²) < 4.78 is 0. The monoisotopic (exact) mass is 312 g/mol. The van der Waals surface area contributed by atoms with Crippen molar-refractivity contribution in [3.05, 3.63) is 0 Å². The Kier molecular flexibility index (Phi) is 9.38. The summed E-state index contributed by atoms with van der Waals surface area (Å²) in [6.45, 7) is 13.1. The van der Waals surface area contributed by atoms with Crippen LogP contribution >= 0.6 is 0 Å². The second-order valence-electron chi connectivity index (χ2n) is 8.13. The van der Waals surface area contributed by atoms with Gasteiger partial charge in [-0.25, -0.2) is 0 Å². The molecule has 0 aliphatic rings. The number of amides is 2. The fourth-order valence-corrected chi connectivity index (χ4v) is 1.89. The van der Waals surface area contributed by atoms with Gasteiger partial charge in [0.05, 0.1) is 0 Å². The van der Waals surface area contributed by atoms with E-state index in [1.807, 2.05) is 41.5 Å². The van der Waals surface area contributed by atoms with Crippen molar-refractivity contribution in [1.82, 2.24) is 10.6 Å². The average molecular weight is 312 g/mol. The Morgan fingerprint density at radius 1 is 0.591 bits per heavy atom. The lowest BCUT2D eigenvalue weighted by Crippen LogP contribution is -2.35. The minimum atomic E-state index is -0.294. The van der Waals surface area contributed by atoms with Crippen molar-refractivity contribution in [2.24, 2.45) is 10.8 Å². The van der Waals surface area contributed by atoms with Crippen LogP contribution in [0.2, 0.25) is 0 Å². The molecule has 0 bridgehead atoms. The summed E-state index contributed by atoms with van der Waals surface area (Å²) in [5, 5.41) is 5.95. The molecule has 4 heteroatoms. The van der Waals surface area contributed by atoms with Crippen molar-refractivity contribution >= 4 is 11.8 Å². The summed E-state index contributed by atoms with van der Waals surface area (Å²) in [5.41, 5.74) is -0.588. The molecule has 0 aromatic rings. The van der Waals surface area contributed by atoms with Gasteiger partial charge >= 0.3 is 0 Å². The SMILES string of the molecule is CC(C)(C)C(=O)NCCCCCCCCNC(=O)C(C)(C)C. The lowest BCUT2D eigenvalue weighted by molar-refractivity contribution is -0.129. The van der Waals surface area contributed by atoms with Crippen molar-refractivity contribution in [2.75, 3.05) is 13.1 Å². The second-order valence-corrected chi connectivity index (χ2v) is 8.13. The van der Waals surface area contributed by atoms with Crippen molar-refractivity contribution in [3.8, 4) is 0 Å². The van der Waals surface area contributed by atoms with Crippen LogP contribution in [-0.2, 0) is 9.59 Å². The van der Waals surface area contributed by atoms with Gasteiger partial charge in [-0.1, -0.05) is 67.2 Å². The molecule has 0 saturated carbocycles. The molecular formula is C18H36N2O2. The molecule has 0 aromatic carbocycles. The largest absolute Gasteiger partial charge is 0.356 e. The predicted octanol–water partition coefficient (Wildman–Crippen LogP) is 3.65. The maximum Gasteiger partial charge on any atom is 0.225 e. The van der Waals surface area contributed by atoms with E-state index in [-0.39, 0.29) is 22.6 Å². The summed E-state index contributed by atoms with van der Waals surface area (Å²) in [5.74, 6) is 0.254. The smallest absolute Gasteiger partial charge is 0.225 e. The van der Waals surface area contributed by atoms with E-state index in [0.717, 1.165) is 38.8 Å². The molecule has 0 heterocycles. The molecule has 2 N–H and O–H groups in total. The van der Waals surface area contributed by atoms with Crippen molar-refractivity contribution < 1.29 is 9.59 Å². The van der Waals surface area contributed by atoms with E-state index in [9.17, 15) is 9.59 Å². The first-order chi connectivity index (χ1) is 10.0. The summed E-state index contributed by atoms with van der Waals surface area (Å²) >= 11 is 0. The zero-order valence-electron chi connectivity index (χ0n) is 15.5. The van der Waals surface area contributed by atoms with Gasteiger partial charge in [-0.15, -0.1) is 0 Å². The summed E-state index contributed by atoms with van der Waals surface area (Å²) in [4.78, 5) is 23.3. The van der Waals surface area contributed by atoms with E-state index in [1.54, 1.807) is 0 Å². The van der Waals surface area contributed by atoms with Gasteiger partial charge in [0.25, 0.3) is 0 Å². The second kappa shape index (κ2) is 9.86. The summed E-state index contributed by atoms with van der Waals surface area (Å²) in [6.07, 6.45) is 6.78. The van der Waals surface area contributed by atoms with E-state index < -0.39 is 0 Å². The highest BCUT2D eigenvalue weighted by Crippen LogP contribution is 2.13. The Balaban J connectivity index is 3.38. The van der Waals surface area contributed by atoms with Crippen molar-refractivity contribution in [2.45, 2.75) is 80.1 Å². The first kappa shape index (κ1) is 20.9. The molecule has 0 aromatic heterocycles. The normalized spacial score (nSPS) is 12.1. The van der Waals surface area contributed by atoms with Gasteiger partial charge in [0.1, 0.15) is 0 Å². The third kappa shape index (κ3) is 10.6. The Hall–Kier alpha value is -1.06. The molecule has 0 rings (SSSR count). The average Bonchev–Trinajstić information content (AvgIpc) is 2.38. The van der Waals surface area contributed by atoms with Crippen LogP contribution in [0.25, 0.3) is 0 Å². The Bertz CT molecular complexity index is 304. The van der Waals surface area contributed by atoms with Crippen LogP contribution in [0.1, 0.15) is 80.1 Å². The van der Waals surface area contributed by atoms with Crippen LogP contribution in [0.15, 0.2) is 0 Å². The summed E-state index contributed by atoms with van der Waals surface area (Å²) in [6, 6.07) is 0. The third-order valence-corrected chi connectivity index (χ3v) is 3.54. The molecule has 0 spiro atoms. The van der Waals surface area contributed by atoms with Gasteiger partial charge in [-0.05, 0) is 12.8 Å². The van der Waals surface area contributed by atoms with Gasteiger partial charge < -0.3 is 10.6 Å². The van der Waals surface area contributed by atoms with Crippen LogP contribution in [0.3, 0.4) is 0 Å². The first-order valence-electron chi connectivity index (χ1n) is 8.62. The number of carbonyl (C=O) groups is 2. The van der Waals surface area contributed by atoms with Crippen LogP contribution < -0.4 is 10.6 Å².